The van der Waals surface area contributed by atoms with Gasteiger partial charge >= 0.3 is 5.97 Å². The van der Waals surface area contributed by atoms with E-state index >= 15 is 0 Å². The minimum atomic E-state index is -1.10. The molecule has 0 amide bonds. The Hall–Kier alpha value is -2.76. The number of pyridine rings is 1. The predicted molar refractivity (Wildman–Crippen MR) is 87.6 cm³/mol. The molecule has 0 aliphatic rings. The van der Waals surface area contributed by atoms with E-state index in [2.05, 4.69) is 4.98 Å². The summed E-state index contributed by atoms with van der Waals surface area (Å²) in [5, 5.41) is 9.02. The maximum Gasteiger partial charge on any atom is 0.358 e. The van der Waals surface area contributed by atoms with Gasteiger partial charge in [0.15, 0.2) is 11.4 Å². The van der Waals surface area contributed by atoms with E-state index < -0.39 is 5.97 Å². The van der Waals surface area contributed by atoms with Crippen molar-refractivity contribution in [1.29, 1.82) is 0 Å². The SMILES string of the molecule is CN(C)c1cccc(OCCCOc2cccnc2C(=O)O)c1. The minimum Gasteiger partial charge on any atom is -0.493 e. The summed E-state index contributed by atoms with van der Waals surface area (Å²) in [7, 11) is 3.95. The number of hydrogen-bond acceptors (Lipinski definition) is 5. The van der Waals surface area contributed by atoms with Crippen LogP contribution in [0.1, 0.15) is 16.9 Å². The lowest BCUT2D eigenvalue weighted by atomic mass is 10.3. The highest BCUT2D eigenvalue weighted by molar-refractivity contribution is 5.88. The van der Waals surface area contributed by atoms with Gasteiger partial charge in [-0.2, -0.15) is 0 Å². The Morgan fingerprint density at radius 2 is 1.96 bits per heavy atom. The molecule has 0 spiro atoms. The summed E-state index contributed by atoms with van der Waals surface area (Å²) in [5.74, 6) is -0.0317. The van der Waals surface area contributed by atoms with Crippen LogP contribution in [0.4, 0.5) is 5.69 Å². The Morgan fingerprint density at radius 3 is 2.70 bits per heavy atom. The lowest BCUT2D eigenvalue weighted by Gasteiger charge is -2.14. The fourth-order valence-corrected chi connectivity index (χ4v) is 1.95. The minimum absolute atomic E-state index is 0.0768. The molecular weight excluding hydrogens is 296 g/mol. The van der Waals surface area contributed by atoms with E-state index in [1.54, 1.807) is 12.1 Å². The third kappa shape index (κ3) is 4.88. The molecule has 1 heterocycles. The summed E-state index contributed by atoms with van der Waals surface area (Å²) in [5.41, 5.74) is 0.993. The summed E-state index contributed by atoms with van der Waals surface area (Å²) in [4.78, 5) is 16.8. The van der Waals surface area contributed by atoms with Gasteiger partial charge in [0.25, 0.3) is 0 Å². The van der Waals surface area contributed by atoms with Gasteiger partial charge in [0.05, 0.1) is 13.2 Å². The number of hydrogen-bond donors (Lipinski definition) is 1. The van der Waals surface area contributed by atoms with E-state index in [-0.39, 0.29) is 11.4 Å². The van der Waals surface area contributed by atoms with Crippen molar-refractivity contribution >= 4 is 11.7 Å². The van der Waals surface area contributed by atoms with Gasteiger partial charge < -0.3 is 19.5 Å². The first-order chi connectivity index (χ1) is 11.1. The molecule has 0 atom stereocenters. The zero-order chi connectivity index (χ0) is 16.7. The lowest BCUT2D eigenvalue weighted by Crippen LogP contribution is -2.10. The van der Waals surface area contributed by atoms with Crippen molar-refractivity contribution in [3.8, 4) is 11.5 Å². The van der Waals surface area contributed by atoms with Crippen molar-refractivity contribution < 1.29 is 19.4 Å². The molecule has 0 unspecified atom stereocenters. The summed E-state index contributed by atoms with van der Waals surface area (Å²) in [6.45, 7) is 0.846. The van der Waals surface area contributed by atoms with Crippen molar-refractivity contribution in [1.82, 2.24) is 4.98 Å². The van der Waals surface area contributed by atoms with E-state index in [4.69, 9.17) is 14.6 Å². The van der Waals surface area contributed by atoms with Gasteiger partial charge in [0.2, 0.25) is 0 Å². The van der Waals surface area contributed by atoms with Crippen LogP contribution < -0.4 is 14.4 Å². The highest BCUT2D eigenvalue weighted by Gasteiger charge is 2.11. The predicted octanol–water partition coefficient (Wildman–Crippen LogP) is 2.69. The number of carboxylic acids is 1. The summed E-state index contributed by atoms with van der Waals surface area (Å²) < 4.78 is 11.1. The van der Waals surface area contributed by atoms with Gasteiger partial charge in [-0.05, 0) is 24.3 Å². The summed E-state index contributed by atoms with van der Waals surface area (Å²) >= 11 is 0. The van der Waals surface area contributed by atoms with Crippen LogP contribution >= 0.6 is 0 Å². The average molecular weight is 316 g/mol. The molecule has 0 saturated carbocycles. The van der Waals surface area contributed by atoms with Crippen LogP contribution in [0.15, 0.2) is 42.6 Å². The standard InChI is InChI=1S/C17H20N2O4/c1-19(2)13-6-3-7-14(12-13)22-10-5-11-23-15-8-4-9-18-16(15)17(20)21/h3-4,6-9,12H,5,10-11H2,1-2H3,(H,20,21). The van der Waals surface area contributed by atoms with Crippen LogP contribution in [0.2, 0.25) is 0 Å². The molecule has 0 aliphatic carbocycles. The smallest absolute Gasteiger partial charge is 0.358 e. The van der Waals surface area contributed by atoms with Crippen molar-refractivity contribution in [3.05, 3.63) is 48.3 Å². The van der Waals surface area contributed by atoms with Gasteiger partial charge in [-0.25, -0.2) is 9.78 Å². The molecule has 0 aliphatic heterocycles. The number of ether oxygens (including phenoxy) is 2. The second kappa shape index (κ2) is 8.03. The Labute approximate surface area is 135 Å². The van der Waals surface area contributed by atoms with Crippen molar-refractivity contribution in [2.75, 3.05) is 32.2 Å². The van der Waals surface area contributed by atoms with Gasteiger partial charge in [0, 0.05) is 38.5 Å². The largest absolute Gasteiger partial charge is 0.493 e. The van der Waals surface area contributed by atoms with Crippen LogP contribution in [0.3, 0.4) is 0 Å². The van der Waals surface area contributed by atoms with E-state index in [1.165, 1.54) is 6.20 Å². The zero-order valence-corrected chi connectivity index (χ0v) is 13.2. The Kier molecular flexibility index (Phi) is 5.80. The van der Waals surface area contributed by atoms with E-state index in [0.29, 0.717) is 19.6 Å². The molecule has 6 nitrogen and oxygen atoms in total. The van der Waals surface area contributed by atoms with Crippen molar-refractivity contribution in [2.24, 2.45) is 0 Å². The molecule has 2 rings (SSSR count). The number of aromatic nitrogens is 1. The number of rotatable bonds is 8. The van der Waals surface area contributed by atoms with Crippen LogP contribution in [-0.4, -0.2) is 43.4 Å². The first-order valence-electron chi connectivity index (χ1n) is 7.29. The zero-order valence-electron chi connectivity index (χ0n) is 13.2. The molecular formula is C17H20N2O4. The molecule has 2 aromatic rings. The molecule has 0 bridgehead atoms. The summed E-state index contributed by atoms with van der Waals surface area (Å²) in [6.07, 6.45) is 2.07. The first kappa shape index (κ1) is 16.6. The second-order valence-electron chi connectivity index (χ2n) is 5.10. The number of anilines is 1. The molecule has 0 saturated heterocycles. The third-order valence-electron chi connectivity index (χ3n) is 3.12. The molecule has 1 N–H and O–H groups in total. The summed E-state index contributed by atoms with van der Waals surface area (Å²) in [6, 6.07) is 11.0. The molecule has 122 valence electrons. The van der Waals surface area contributed by atoms with Crippen molar-refractivity contribution in [3.63, 3.8) is 0 Å². The molecule has 0 fully saturated rings. The molecule has 1 aromatic heterocycles. The fraction of sp³-hybridized carbons (Fsp3) is 0.294. The monoisotopic (exact) mass is 316 g/mol. The number of carboxylic acid groups (broad SMARTS) is 1. The second-order valence-corrected chi connectivity index (χ2v) is 5.10. The van der Waals surface area contributed by atoms with Gasteiger partial charge in [0.1, 0.15) is 5.75 Å². The lowest BCUT2D eigenvalue weighted by molar-refractivity contribution is 0.0685. The molecule has 6 heteroatoms. The van der Waals surface area contributed by atoms with Crippen LogP contribution in [0.5, 0.6) is 11.5 Å². The fourth-order valence-electron chi connectivity index (χ4n) is 1.95. The van der Waals surface area contributed by atoms with E-state index in [0.717, 1.165) is 11.4 Å². The van der Waals surface area contributed by atoms with Gasteiger partial charge in [-0.1, -0.05) is 6.07 Å². The number of benzene rings is 1. The Bertz CT molecular complexity index is 659. The maximum atomic E-state index is 11.0. The third-order valence-corrected chi connectivity index (χ3v) is 3.12. The maximum absolute atomic E-state index is 11.0. The Morgan fingerprint density at radius 1 is 1.17 bits per heavy atom. The number of nitrogens with zero attached hydrogens (tertiary/aromatic N) is 2. The average Bonchev–Trinajstić information content (AvgIpc) is 2.55. The van der Waals surface area contributed by atoms with Gasteiger partial charge in [-0.15, -0.1) is 0 Å². The molecule has 23 heavy (non-hydrogen) atoms. The normalized spacial score (nSPS) is 10.2. The first-order valence-corrected chi connectivity index (χ1v) is 7.29. The van der Waals surface area contributed by atoms with Gasteiger partial charge in [-0.3, -0.25) is 0 Å². The number of carbonyl (C=O) groups is 1. The quantitative estimate of drug-likeness (QED) is 0.755. The molecule has 0 radical (unpaired) electrons. The van der Waals surface area contributed by atoms with Crippen LogP contribution in [0, 0.1) is 0 Å². The van der Waals surface area contributed by atoms with E-state index in [9.17, 15) is 4.79 Å². The highest BCUT2D eigenvalue weighted by atomic mass is 16.5. The number of aromatic carboxylic acids is 1. The van der Waals surface area contributed by atoms with E-state index in [1.807, 2.05) is 43.3 Å². The topological polar surface area (TPSA) is 71.9 Å². The van der Waals surface area contributed by atoms with Crippen LogP contribution in [0.25, 0.3) is 0 Å². The highest BCUT2D eigenvalue weighted by Crippen LogP contribution is 2.19. The molecule has 1 aromatic carbocycles. The van der Waals surface area contributed by atoms with Crippen LogP contribution in [-0.2, 0) is 0 Å². The Balaban J connectivity index is 1.78. The van der Waals surface area contributed by atoms with Crippen molar-refractivity contribution in [2.45, 2.75) is 6.42 Å².